The molecule has 29 heavy (non-hydrogen) atoms. The van der Waals surface area contributed by atoms with Gasteiger partial charge < -0.3 is 14.8 Å². The minimum absolute atomic E-state index is 0.0738. The molecule has 2 aromatic rings. The number of anilines is 1. The standard InChI is InChI=1S/C20H21ClN2O6/c1-13-5-3-6-16(23(26)27)20(13)22-18(24)12-29-19(25)7-4-10-28-17-9-8-15(21)11-14(17)2/h3,5-6,8-9,11H,4,7,10,12H2,1-2H3,(H,22,24). The van der Waals surface area contributed by atoms with Crippen LogP contribution in [0.2, 0.25) is 5.02 Å². The topological polar surface area (TPSA) is 108 Å². The van der Waals surface area contributed by atoms with Crippen LogP contribution < -0.4 is 10.1 Å². The number of nitro benzene ring substituents is 1. The molecule has 9 heteroatoms. The highest BCUT2D eigenvalue weighted by Gasteiger charge is 2.18. The second-order valence-electron chi connectivity index (χ2n) is 6.30. The summed E-state index contributed by atoms with van der Waals surface area (Å²) in [6.45, 7) is 3.28. The molecule has 0 radical (unpaired) electrons. The van der Waals surface area contributed by atoms with Gasteiger partial charge in [-0.2, -0.15) is 0 Å². The lowest BCUT2D eigenvalue weighted by Gasteiger charge is -2.10. The fraction of sp³-hybridized carbons (Fsp3) is 0.300. The van der Waals surface area contributed by atoms with Crippen LogP contribution in [0.25, 0.3) is 0 Å². The first-order valence-electron chi connectivity index (χ1n) is 8.86. The minimum Gasteiger partial charge on any atom is -0.493 e. The summed E-state index contributed by atoms with van der Waals surface area (Å²) in [6, 6.07) is 9.70. The van der Waals surface area contributed by atoms with Crippen molar-refractivity contribution in [1.82, 2.24) is 0 Å². The van der Waals surface area contributed by atoms with Gasteiger partial charge in [-0.3, -0.25) is 19.7 Å². The van der Waals surface area contributed by atoms with Crippen molar-refractivity contribution < 1.29 is 24.0 Å². The Morgan fingerprint density at radius 2 is 1.93 bits per heavy atom. The van der Waals surface area contributed by atoms with Crippen LogP contribution in [0.4, 0.5) is 11.4 Å². The van der Waals surface area contributed by atoms with E-state index in [0.29, 0.717) is 29.4 Å². The first-order chi connectivity index (χ1) is 13.8. The summed E-state index contributed by atoms with van der Waals surface area (Å²) in [5.41, 5.74) is 1.29. The summed E-state index contributed by atoms with van der Waals surface area (Å²) in [5, 5.41) is 14.1. The summed E-state index contributed by atoms with van der Waals surface area (Å²) < 4.78 is 10.5. The number of benzene rings is 2. The van der Waals surface area contributed by atoms with Crippen LogP contribution in [-0.4, -0.2) is 30.0 Å². The van der Waals surface area contributed by atoms with Crippen molar-refractivity contribution in [2.75, 3.05) is 18.5 Å². The first kappa shape index (κ1) is 22.2. The van der Waals surface area contributed by atoms with Gasteiger partial charge in [-0.25, -0.2) is 0 Å². The Bertz CT molecular complexity index is 916. The molecule has 0 spiro atoms. The zero-order valence-electron chi connectivity index (χ0n) is 16.1. The van der Waals surface area contributed by atoms with Gasteiger partial charge in [-0.15, -0.1) is 0 Å². The molecule has 1 amide bonds. The lowest BCUT2D eigenvalue weighted by Crippen LogP contribution is -2.22. The molecule has 0 saturated carbocycles. The SMILES string of the molecule is Cc1cc(Cl)ccc1OCCCC(=O)OCC(=O)Nc1c(C)cccc1[N+](=O)[O-]. The van der Waals surface area contributed by atoms with Gasteiger partial charge in [-0.05, 0) is 49.6 Å². The third-order valence-electron chi connectivity index (χ3n) is 4.00. The number of ether oxygens (including phenoxy) is 2. The predicted octanol–water partition coefficient (Wildman–Crippen LogP) is 4.21. The van der Waals surface area contributed by atoms with Crippen LogP contribution in [0.1, 0.15) is 24.0 Å². The number of rotatable bonds is 9. The second kappa shape index (κ2) is 10.4. The monoisotopic (exact) mass is 420 g/mol. The number of hydrogen-bond donors (Lipinski definition) is 1. The number of nitrogens with zero attached hydrogens (tertiary/aromatic N) is 1. The average Bonchev–Trinajstić information content (AvgIpc) is 2.66. The molecular formula is C20H21ClN2O6. The van der Waals surface area contributed by atoms with Crippen LogP contribution in [0, 0.1) is 24.0 Å². The molecule has 2 rings (SSSR count). The Morgan fingerprint density at radius 1 is 1.17 bits per heavy atom. The maximum atomic E-state index is 12.0. The first-order valence-corrected chi connectivity index (χ1v) is 9.24. The molecule has 2 aromatic carbocycles. The Balaban J connectivity index is 1.74. The molecule has 8 nitrogen and oxygen atoms in total. The molecular weight excluding hydrogens is 400 g/mol. The van der Waals surface area contributed by atoms with Crippen molar-refractivity contribution in [3.8, 4) is 5.75 Å². The lowest BCUT2D eigenvalue weighted by atomic mass is 10.1. The molecule has 154 valence electrons. The Kier molecular flexibility index (Phi) is 7.97. The van der Waals surface area contributed by atoms with Crippen LogP contribution in [-0.2, 0) is 14.3 Å². The molecule has 0 saturated heterocycles. The number of carbonyl (C=O) groups excluding carboxylic acids is 2. The number of carbonyl (C=O) groups is 2. The zero-order valence-corrected chi connectivity index (χ0v) is 16.8. The van der Waals surface area contributed by atoms with E-state index in [9.17, 15) is 19.7 Å². The van der Waals surface area contributed by atoms with Crippen LogP contribution in [0.3, 0.4) is 0 Å². The number of aryl methyl sites for hydroxylation is 2. The van der Waals surface area contributed by atoms with Gasteiger partial charge in [0.2, 0.25) is 0 Å². The summed E-state index contributed by atoms with van der Waals surface area (Å²) >= 11 is 5.88. The second-order valence-corrected chi connectivity index (χ2v) is 6.73. The lowest BCUT2D eigenvalue weighted by molar-refractivity contribution is -0.384. The molecule has 0 unspecified atom stereocenters. The third kappa shape index (κ3) is 6.76. The number of nitrogens with one attached hydrogen (secondary N) is 1. The summed E-state index contributed by atoms with van der Waals surface area (Å²) in [7, 11) is 0. The maximum Gasteiger partial charge on any atom is 0.306 e. The van der Waals surface area contributed by atoms with Crippen molar-refractivity contribution in [2.24, 2.45) is 0 Å². The maximum absolute atomic E-state index is 12.0. The highest BCUT2D eigenvalue weighted by atomic mass is 35.5. The van der Waals surface area contributed by atoms with Gasteiger partial charge in [0.05, 0.1) is 11.5 Å². The van der Waals surface area contributed by atoms with E-state index in [1.54, 1.807) is 31.2 Å². The Hall–Kier alpha value is -3.13. The summed E-state index contributed by atoms with van der Waals surface area (Å²) in [5.74, 6) is -0.526. The van der Waals surface area contributed by atoms with Gasteiger partial charge in [0.15, 0.2) is 6.61 Å². The molecule has 0 aliphatic carbocycles. The summed E-state index contributed by atoms with van der Waals surface area (Å²) in [4.78, 5) is 34.2. The van der Waals surface area contributed by atoms with Gasteiger partial charge in [0.1, 0.15) is 11.4 Å². The number of hydrogen-bond acceptors (Lipinski definition) is 6. The van der Waals surface area contributed by atoms with Crippen molar-refractivity contribution in [2.45, 2.75) is 26.7 Å². The molecule has 0 fully saturated rings. The predicted molar refractivity (Wildman–Crippen MR) is 108 cm³/mol. The highest BCUT2D eigenvalue weighted by Crippen LogP contribution is 2.27. The van der Waals surface area contributed by atoms with Crippen LogP contribution in [0.5, 0.6) is 5.75 Å². The molecule has 1 N–H and O–H groups in total. The van der Waals surface area contributed by atoms with Gasteiger partial charge >= 0.3 is 5.97 Å². The zero-order chi connectivity index (χ0) is 21.4. The number of halogens is 1. The number of para-hydroxylation sites is 1. The smallest absolute Gasteiger partial charge is 0.306 e. The Morgan fingerprint density at radius 3 is 2.62 bits per heavy atom. The fourth-order valence-corrected chi connectivity index (χ4v) is 2.76. The van der Waals surface area contributed by atoms with Crippen molar-refractivity contribution in [3.63, 3.8) is 0 Å². The highest BCUT2D eigenvalue weighted by molar-refractivity contribution is 6.30. The van der Waals surface area contributed by atoms with E-state index in [4.69, 9.17) is 21.1 Å². The van der Waals surface area contributed by atoms with Gasteiger partial charge in [0, 0.05) is 17.5 Å². The molecule has 0 aliphatic rings. The van der Waals surface area contributed by atoms with Crippen LogP contribution in [0.15, 0.2) is 36.4 Å². The van der Waals surface area contributed by atoms with E-state index >= 15 is 0 Å². The molecule has 0 bridgehead atoms. The molecule has 0 aliphatic heterocycles. The van der Waals surface area contributed by atoms with Crippen molar-refractivity contribution >= 4 is 34.9 Å². The molecule has 0 atom stereocenters. The van der Waals surface area contributed by atoms with E-state index in [1.807, 2.05) is 6.92 Å². The van der Waals surface area contributed by atoms with Gasteiger partial charge in [-0.1, -0.05) is 23.7 Å². The van der Waals surface area contributed by atoms with E-state index in [2.05, 4.69) is 5.32 Å². The van der Waals surface area contributed by atoms with Gasteiger partial charge in [0.25, 0.3) is 11.6 Å². The third-order valence-corrected chi connectivity index (χ3v) is 4.23. The summed E-state index contributed by atoms with van der Waals surface area (Å²) in [6.07, 6.45) is 0.482. The normalized spacial score (nSPS) is 10.3. The molecule has 0 aromatic heterocycles. The Labute approximate surface area is 172 Å². The number of nitro groups is 1. The van der Waals surface area contributed by atoms with E-state index < -0.39 is 23.4 Å². The average molecular weight is 421 g/mol. The quantitative estimate of drug-likeness (QED) is 0.282. The number of amides is 1. The van der Waals surface area contributed by atoms with Crippen molar-refractivity contribution in [3.05, 3.63) is 62.7 Å². The largest absolute Gasteiger partial charge is 0.493 e. The number of esters is 1. The van der Waals surface area contributed by atoms with E-state index in [0.717, 1.165) is 5.56 Å². The molecule has 0 heterocycles. The van der Waals surface area contributed by atoms with Crippen molar-refractivity contribution in [1.29, 1.82) is 0 Å². The fourth-order valence-electron chi connectivity index (χ4n) is 2.53. The minimum atomic E-state index is -0.649. The van der Waals surface area contributed by atoms with E-state index in [1.165, 1.54) is 12.1 Å². The van der Waals surface area contributed by atoms with E-state index in [-0.39, 0.29) is 17.8 Å². The van der Waals surface area contributed by atoms with Crippen LogP contribution >= 0.6 is 11.6 Å².